The third kappa shape index (κ3) is 1.67. The molecule has 0 spiro atoms. The second-order valence-electron chi connectivity index (χ2n) is 4.97. The van der Waals surface area contributed by atoms with Gasteiger partial charge >= 0.3 is 0 Å². The van der Waals surface area contributed by atoms with Crippen LogP contribution in [0.3, 0.4) is 0 Å². The lowest BCUT2D eigenvalue weighted by atomic mass is 9.79. The van der Waals surface area contributed by atoms with Crippen molar-refractivity contribution in [3.63, 3.8) is 0 Å². The van der Waals surface area contributed by atoms with Crippen molar-refractivity contribution in [2.45, 2.75) is 25.2 Å². The van der Waals surface area contributed by atoms with Crippen molar-refractivity contribution in [3.05, 3.63) is 35.4 Å². The van der Waals surface area contributed by atoms with Crippen LogP contribution in [-0.4, -0.2) is 18.9 Å². The molecule has 0 amide bonds. The van der Waals surface area contributed by atoms with Crippen LogP contribution in [0.15, 0.2) is 24.3 Å². The van der Waals surface area contributed by atoms with Gasteiger partial charge in [-0.05, 0) is 30.4 Å². The molecule has 0 unspecified atom stereocenters. The van der Waals surface area contributed by atoms with Crippen LogP contribution < -0.4 is 5.32 Å². The Bertz CT molecular complexity index is 405. The molecule has 1 aromatic rings. The van der Waals surface area contributed by atoms with Gasteiger partial charge in [-0.1, -0.05) is 24.6 Å². The van der Waals surface area contributed by atoms with E-state index in [2.05, 4.69) is 17.4 Å². The standard InChI is InChI=1S/C14H17NO/c16-14(13-8-15-9-13)12-6-2-5-11(7-12)10-3-1-4-10/h2,5-7,10,13,15H,1,3-4,8-9H2. The Kier molecular flexibility index (Phi) is 2.52. The fraction of sp³-hybridized carbons (Fsp3) is 0.500. The van der Waals surface area contributed by atoms with Crippen molar-refractivity contribution in [2.75, 3.05) is 13.1 Å². The second-order valence-corrected chi connectivity index (χ2v) is 4.97. The first-order chi connectivity index (χ1) is 7.84. The predicted molar refractivity (Wildman–Crippen MR) is 63.7 cm³/mol. The maximum atomic E-state index is 12.1. The Morgan fingerprint density at radius 2 is 2.06 bits per heavy atom. The van der Waals surface area contributed by atoms with E-state index in [1.165, 1.54) is 24.8 Å². The Morgan fingerprint density at radius 1 is 1.25 bits per heavy atom. The van der Waals surface area contributed by atoms with Gasteiger partial charge in [0.25, 0.3) is 0 Å². The first-order valence-electron chi connectivity index (χ1n) is 6.19. The zero-order valence-electron chi connectivity index (χ0n) is 9.41. The van der Waals surface area contributed by atoms with Crippen molar-refractivity contribution in [3.8, 4) is 0 Å². The van der Waals surface area contributed by atoms with E-state index < -0.39 is 0 Å². The van der Waals surface area contributed by atoms with Gasteiger partial charge in [-0.3, -0.25) is 4.79 Å². The van der Waals surface area contributed by atoms with E-state index in [1.54, 1.807) is 0 Å². The summed E-state index contributed by atoms with van der Waals surface area (Å²) in [6.45, 7) is 1.71. The van der Waals surface area contributed by atoms with E-state index in [9.17, 15) is 4.79 Å². The van der Waals surface area contributed by atoms with Crippen LogP contribution in [-0.2, 0) is 0 Å². The summed E-state index contributed by atoms with van der Waals surface area (Å²) in [4.78, 5) is 12.1. The van der Waals surface area contributed by atoms with Gasteiger partial charge in [0.05, 0.1) is 0 Å². The lowest BCUT2D eigenvalue weighted by Crippen LogP contribution is -2.46. The van der Waals surface area contributed by atoms with Crippen LogP contribution in [0.25, 0.3) is 0 Å². The molecule has 16 heavy (non-hydrogen) atoms. The molecule has 2 nitrogen and oxygen atoms in total. The SMILES string of the molecule is O=C(c1cccc(C2CCC2)c1)C1CNC1. The number of hydrogen-bond acceptors (Lipinski definition) is 2. The quantitative estimate of drug-likeness (QED) is 0.784. The van der Waals surface area contributed by atoms with Gasteiger partial charge in [0.15, 0.2) is 5.78 Å². The van der Waals surface area contributed by atoms with Crippen molar-refractivity contribution in [1.82, 2.24) is 5.32 Å². The first-order valence-corrected chi connectivity index (χ1v) is 6.19. The summed E-state index contributed by atoms with van der Waals surface area (Å²) in [6.07, 6.45) is 3.93. The van der Waals surface area contributed by atoms with Crippen molar-refractivity contribution in [1.29, 1.82) is 0 Å². The van der Waals surface area contributed by atoms with Gasteiger partial charge in [-0.2, -0.15) is 0 Å². The van der Waals surface area contributed by atoms with Gasteiger partial charge in [-0.15, -0.1) is 0 Å². The minimum absolute atomic E-state index is 0.219. The lowest BCUT2D eigenvalue weighted by Gasteiger charge is -2.28. The van der Waals surface area contributed by atoms with Crippen LogP contribution in [0.5, 0.6) is 0 Å². The predicted octanol–water partition coefficient (Wildman–Crippen LogP) is 2.36. The van der Waals surface area contributed by atoms with Gasteiger partial charge in [-0.25, -0.2) is 0 Å². The summed E-state index contributed by atoms with van der Waals surface area (Å²) < 4.78 is 0. The Labute approximate surface area is 96.1 Å². The number of hydrogen-bond donors (Lipinski definition) is 1. The Balaban J connectivity index is 1.80. The van der Waals surface area contributed by atoms with Gasteiger partial charge in [0, 0.05) is 24.6 Å². The monoisotopic (exact) mass is 215 g/mol. The normalized spacial score (nSPS) is 21.2. The zero-order chi connectivity index (χ0) is 11.0. The van der Waals surface area contributed by atoms with Gasteiger partial charge < -0.3 is 5.32 Å². The number of nitrogens with one attached hydrogen (secondary N) is 1. The minimum atomic E-state index is 0.219. The molecule has 3 rings (SSSR count). The topological polar surface area (TPSA) is 29.1 Å². The minimum Gasteiger partial charge on any atom is -0.315 e. The Morgan fingerprint density at radius 3 is 2.62 bits per heavy atom. The highest BCUT2D eigenvalue weighted by Crippen LogP contribution is 2.36. The average molecular weight is 215 g/mol. The molecular formula is C14H17NO. The van der Waals surface area contributed by atoms with Crippen LogP contribution in [0.2, 0.25) is 0 Å². The molecule has 1 aliphatic carbocycles. The lowest BCUT2D eigenvalue weighted by molar-refractivity contribution is 0.0878. The maximum Gasteiger partial charge on any atom is 0.168 e. The molecule has 1 aliphatic heterocycles. The first kappa shape index (κ1) is 10.0. The molecule has 2 heteroatoms. The maximum absolute atomic E-state index is 12.1. The van der Waals surface area contributed by atoms with Gasteiger partial charge in [0.2, 0.25) is 0 Å². The molecule has 1 aromatic carbocycles. The molecule has 2 fully saturated rings. The number of benzene rings is 1. The van der Waals surface area contributed by atoms with E-state index in [-0.39, 0.29) is 5.92 Å². The molecule has 0 aromatic heterocycles. The summed E-state index contributed by atoms with van der Waals surface area (Å²) in [5, 5.41) is 3.15. The fourth-order valence-corrected chi connectivity index (χ4v) is 2.40. The highest BCUT2D eigenvalue weighted by molar-refractivity contribution is 5.98. The Hall–Kier alpha value is -1.15. The van der Waals surface area contributed by atoms with Crippen molar-refractivity contribution in [2.24, 2.45) is 5.92 Å². The van der Waals surface area contributed by atoms with E-state index in [4.69, 9.17) is 0 Å². The summed E-state index contributed by atoms with van der Waals surface area (Å²) in [5.74, 6) is 1.25. The van der Waals surface area contributed by atoms with E-state index in [0.29, 0.717) is 11.7 Å². The molecule has 1 saturated carbocycles. The van der Waals surface area contributed by atoms with E-state index in [0.717, 1.165) is 18.7 Å². The molecular weight excluding hydrogens is 198 g/mol. The average Bonchev–Trinajstić information content (AvgIpc) is 2.12. The van der Waals surface area contributed by atoms with Crippen molar-refractivity contribution >= 4 is 5.78 Å². The molecule has 1 heterocycles. The third-order valence-corrected chi connectivity index (χ3v) is 3.90. The molecule has 0 bridgehead atoms. The smallest absolute Gasteiger partial charge is 0.168 e. The van der Waals surface area contributed by atoms with Crippen LogP contribution in [0.4, 0.5) is 0 Å². The van der Waals surface area contributed by atoms with E-state index in [1.807, 2.05) is 12.1 Å². The number of rotatable bonds is 3. The number of carbonyl (C=O) groups excluding carboxylic acids is 1. The number of ketones is 1. The van der Waals surface area contributed by atoms with Crippen LogP contribution >= 0.6 is 0 Å². The molecule has 0 radical (unpaired) electrons. The molecule has 2 aliphatic rings. The number of carbonyl (C=O) groups is 1. The van der Waals surface area contributed by atoms with Crippen LogP contribution in [0.1, 0.15) is 41.1 Å². The largest absolute Gasteiger partial charge is 0.315 e. The van der Waals surface area contributed by atoms with Gasteiger partial charge in [0.1, 0.15) is 0 Å². The van der Waals surface area contributed by atoms with Crippen molar-refractivity contribution < 1.29 is 4.79 Å². The summed E-state index contributed by atoms with van der Waals surface area (Å²) in [6, 6.07) is 8.28. The van der Waals surface area contributed by atoms with Crippen LogP contribution in [0, 0.1) is 5.92 Å². The summed E-state index contributed by atoms with van der Waals surface area (Å²) in [5.41, 5.74) is 2.28. The second kappa shape index (κ2) is 4.02. The van der Waals surface area contributed by atoms with E-state index >= 15 is 0 Å². The summed E-state index contributed by atoms with van der Waals surface area (Å²) in [7, 11) is 0. The third-order valence-electron chi connectivity index (χ3n) is 3.90. The molecule has 1 N–H and O–H groups in total. The zero-order valence-corrected chi connectivity index (χ0v) is 9.41. The molecule has 84 valence electrons. The fourth-order valence-electron chi connectivity index (χ4n) is 2.40. The highest BCUT2D eigenvalue weighted by Gasteiger charge is 2.27. The highest BCUT2D eigenvalue weighted by atomic mass is 16.1. The number of Topliss-reactive ketones (excluding diaryl/α,β-unsaturated/α-hetero) is 1. The summed E-state index contributed by atoms with van der Waals surface area (Å²) >= 11 is 0. The molecule has 0 atom stereocenters. The molecule has 1 saturated heterocycles.